The van der Waals surface area contributed by atoms with Gasteiger partial charge in [0.05, 0.1) is 22.2 Å². The number of halogens is 2. The van der Waals surface area contributed by atoms with E-state index in [9.17, 15) is 9.90 Å². The highest BCUT2D eigenvalue weighted by molar-refractivity contribution is 9.10. The molecule has 2 heterocycles. The maximum Gasteiger partial charge on any atom is 0.340 e. The second kappa shape index (κ2) is 11.8. The van der Waals surface area contributed by atoms with Gasteiger partial charge in [0, 0.05) is 40.4 Å². The third-order valence-corrected chi connectivity index (χ3v) is 7.89. The Morgan fingerprint density at radius 2 is 1.85 bits per heavy atom. The molecular formula is C26H32BrClN2O3S. The van der Waals surface area contributed by atoms with Gasteiger partial charge in [-0.25, -0.2) is 4.79 Å². The molecule has 1 aromatic heterocycles. The predicted molar refractivity (Wildman–Crippen MR) is 145 cm³/mol. The van der Waals surface area contributed by atoms with Gasteiger partial charge in [0.15, 0.2) is 0 Å². The van der Waals surface area contributed by atoms with Gasteiger partial charge in [-0.15, -0.1) is 24.2 Å². The molecule has 3 aromatic rings. The van der Waals surface area contributed by atoms with Crippen molar-refractivity contribution in [1.29, 1.82) is 0 Å². The van der Waals surface area contributed by atoms with Gasteiger partial charge in [-0.2, -0.15) is 0 Å². The van der Waals surface area contributed by atoms with Crippen LogP contribution in [-0.4, -0.2) is 40.2 Å². The molecule has 0 atom stereocenters. The molecular weight excluding hydrogens is 536 g/mol. The Kier molecular flexibility index (Phi) is 9.38. The number of esters is 1. The SMILES string of the molecule is CCOC(=O)c1c(CSc2ccc(C)cc2)n(CC)c2cc(Br)c(O)c(CN3CCCC3)c12.Cl. The first-order valence-corrected chi connectivity index (χ1v) is 13.4. The summed E-state index contributed by atoms with van der Waals surface area (Å²) in [5, 5.41) is 11.9. The van der Waals surface area contributed by atoms with Gasteiger partial charge in [-0.1, -0.05) is 17.7 Å². The number of thioether (sulfide) groups is 1. The van der Waals surface area contributed by atoms with Crippen LogP contribution in [0.4, 0.5) is 0 Å². The minimum Gasteiger partial charge on any atom is -0.506 e. The van der Waals surface area contributed by atoms with Crippen molar-refractivity contribution in [3.05, 3.63) is 57.2 Å². The smallest absolute Gasteiger partial charge is 0.340 e. The van der Waals surface area contributed by atoms with E-state index < -0.39 is 0 Å². The highest BCUT2D eigenvalue weighted by atomic mass is 79.9. The summed E-state index contributed by atoms with van der Waals surface area (Å²) < 4.78 is 8.38. The van der Waals surface area contributed by atoms with Crippen LogP contribution >= 0.6 is 40.1 Å². The highest BCUT2D eigenvalue weighted by Gasteiger charge is 2.29. The van der Waals surface area contributed by atoms with E-state index in [4.69, 9.17) is 4.74 Å². The number of fused-ring (bicyclic) bond motifs is 1. The molecule has 1 aliphatic heterocycles. The zero-order valence-corrected chi connectivity index (χ0v) is 23.1. The molecule has 0 amide bonds. The molecule has 8 heteroatoms. The predicted octanol–water partition coefficient (Wildman–Crippen LogP) is 6.92. The number of aromatic hydroxyl groups is 1. The summed E-state index contributed by atoms with van der Waals surface area (Å²) in [6.45, 7) is 9.67. The first-order valence-electron chi connectivity index (χ1n) is 11.6. The minimum atomic E-state index is -0.321. The van der Waals surface area contributed by atoms with E-state index in [-0.39, 0.29) is 24.1 Å². The second-order valence-corrected chi connectivity index (χ2v) is 10.4. The van der Waals surface area contributed by atoms with Crippen molar-refractivity contribution >= 4 is 57.0 Å². The Morgan fingerprint density at radius 3 is 2.47 bits per heavy atom. The van der Waals surface area contributed by atoms with Crippen LogP contribution in [0.1, 0.15) is 53.9 Å². The normalized spacial score (nSPS) is 13.9. The van der Waals surface area contributed by atoms with Crippen molar-refractivity contribution in [3.63, 3.8) is 0 Å². The molecule has 0 saturated carbocycles. The van der Waals surface area contributed by atoms with Crippen LogP contribution in [0.15, 0.2) is 39.7 Å². The summed E-state index contributed by atoms with van der Waals surface area (Å²) in [5.74, 6) is 0.533. The van der Waals surface area contributed by atoms with Crippen molar-refractivity contribution in [2.75, 3.05) is 19.7 Å². The van der Waals surface area contributed by atoms with Crippen LogP contribution in [0.25, 0.3) is 10.9 Å². The van der Waals surface area contributed by atoms with Crippen molar-refractivity contribution in [3.8, 4) is 5.75 Å². The zero-order valence-electron chi connectivity index (χ0n) is 19.9. The maximum atomic E-state index is 13.3. The van der Waals surface area contributed by atoms with Crippen LogP contribution in [0.2, 0.25) is 0 Å². The van der Waals surface area contributed by atoms with E-state index in [0.717, 1.165) is 59.5 Å². The van der Waals surface area contributed by atoms with Crippen LogP contribution < -0.4 is 0 Å². The Hall–Kier alpha value is -1.67. The van der Waals surface area contributed by atoms with Crippen molar-refractivity contribution in [2.45, 2.75) is 57.4 Å². The second-order valence-electron chi connectivity index (χ2n) is 8.45. The van der Waals surface area contributed by atoms with Crippen molar-refractivity contribution < 1.29 is 14.6 Å². The summed E-state index contributed by atoms with van der Waals surface area (Å²) in [5.41, 5.74) is 4.51. The summed E-state index contributed by atoms with van der Waals surface area (Å²) in [4.78, 5) is 16.8. The van der Waals surface area contributed by atoms with Crippen LogP contribution in [0.5, 0.6) is 5.75 Å². The van der Waals surface area contributed by atoms with Gasteiger partial charge in [-0.05, 0) is 80.8 Å². The molecule has 0 aliphatic carbocycles. The number of phenols is 1. The number of rotatable bonds is 8. The third-order valence-electron chi connectivity index (χ3n) is 6.26. The molecule has 0 radical (unpaired) electrons. The molecule has 1 fully saturated rings. The fraction of sp³-hybridized carbons (Fsp3) is 0.423. The molecule has 4 rings (SSSR count). The van der Waals surface area contributed by atoms with Crippen LogP contribution in [0.3, 0.4) is 0 Å². The fourth-order valence-electron chi connectivity index (χ4n) is 4.63. The van der Waals surface area contributed by atoms with Gasteiger partial charge in [0.25, 0.3) is 0 Å². The van der Waals surface area contributed by atoms with Gasteiger partial charge < -0.3 is 14.4 Å². The van der Waals surface area contributed by atoms with Crippen molar-refractivity contribution in [1.82, 2.24) is 9.47 Å². The fourth-order valence-corrected chi connectivity index (χ4v) is 6.02. The lowest BCUT2D eigenvalue weighted by molar-refractivity contribution is 0.0527. The number of benzene rings is 2. The average molecular weight is 568 g/mol. The van der Waals surface area contributed by atoms with Gasteiger partial charge in [0.1, 0.15) is 5.75 Å². The Balaban J connectivity index is 0.00000324. The quantitative estimate of drug-likeness (QED) is 0.236. The average Bonchev–Trinajstić information content (AvgIpc) is 3.42. The standard InChI is InChI=1S/C26H31BrN2O3S.ClH/c1-4-29-21-14-20(27)25(30)19(15-28-12-6-7-13-28)23(21)24(26(31)32-5-2)22(29)16-33-18-10-8-17(3)9-11-18;/h8-11,14,30H,4-7,12-13,15-16H2,1-3H3;1H. The number of hydrogen-bond acceptors (Lipinski definition) is 5. The Bertz CT molecular complexity index is 1160. The van der Waals surface area contributed by atoms with Gasteiger partial charge in [-0.3, -0.25) is 4.90 Å². The van der Waals surface area contributed by atoms with Gasteiger partial charge in [0.2, 0.25) is 0 Å². The molecule has 1 saturated heterocycles. The summed E-state index contributed by atoms with van der Waals surface area (Å²) >= 11 is 5.27. The maximum absolute atomic E-state index is 13.3. The molecule has 0 unspecified atom stereocenters. The third kappa shape index (κ3) is 5.43. The molecule has 1 N–H and O–H groups in total. The van der Waals surface area contributed by atoms with E-state index >= 15 is 0 Å². The number of hydrogen-bond donors (Lipinski definition) is 1. The lowest BCUT2D eigenvalue weighted by Crippen LogP contribution is -2.19. The lowest BCUT2D eigenvalue weighted by Gasteiger charge is -2.18. The van der Waals surface area contributed by atoms with E-state index in [1.165, 1.54) is 5.56 Å². The lowest BCUT2D eigenvalue weighted by atomic mass is 10.0. The number of aryl methyl sites for hydroxylation is 2. The van der Waals surface area contributed by atoms with Crippen molar-refractivity contribution in [2.24, 2.45) is 0 Å². The number of aromatic nitrogens is 1. The largest absolute Gasteiger partial charge is 0.506 e. The Morgan fingerprint density at radius 1 is 1.18 bits per heavy atom. The number of carbonyl (C=O) groups is 1. The molecule has 34 heavy (non-hydrogen) atoms. The number of likely N-dealkylation sites (tertiary alicyclic amines) is 1. The topological polar surface area (TPSA) is 54.7 Å². The number of nitrogens with zero attached hydrogens (tertiary/aromatic N) is 2. The number of phenolic OH excluding ortho intramolecular Hbond substituents is 1. The highest BCUT2D eigenvalue weighted by Crippen LogP contribution is 2.42. The van der Waals surface area contributed by atoms with Crippen LogP contribution in [-0.2, 0) is 23.6 Å². The first-order chi connectivity index (χ1) is 15.9. The number of ether oxygens (including phenoxy) is 1. The minimum absolute atomic E-state index is 0. The Labute approximate surface area is 220 Å². The van der Waals surface area contributed by atoms with E-state index in [2.05, 4.69) is 63.5 Å². The molecule has 184 valence electrons. The molecule has 5 nitrogen and oxygen atoms in total. The zero-order chi connectivity index (χ0) is 23.5. The van der Waals surface area contributed by atoms with Crippen LogP contribution in [0, 0.1) is 6.92 Å². The van der Waals surface area contributed by atoms with E-state index in [1.54, 1.807) is 11.8 Å². The number of carbonyl (C=O) groups excluding carboxylic acids is 1. The molecule has 2 aromatic carbocycles. The summed E-state index contributed by atoms with van der Waals surface area (Å²) in [7, 11) is 0. The van der Waals surface area contributed by atoms with E-state index in [0.29, 0.717) is 28.9 Å². The summed E-state index contributed by atoms with van der Waals surface area (Å²) in [6.07, 6.45) is 2.33. The monoisotopic (exact) mass is 566 g/mol. The molecule has 0 spiro atoms. The van der Waals surface area contributed by atoms with E-state index in [1.807, 2.05) is 13.0 Å². The van der Waals surface area contributed by atoms with Gasteiger partial charge >= 0.3 is 5.97 Å². The molecule has 1 aliphatic rings. The molecule has 0 bridgehead atoms. The first kappa shape index (κ1) is 26.9. The summed E-state index contributed by atoms with van der Waals surface area (Å²) in [6, 6.07) is 10.4.